The average Bonchev–Trinajstić information content (AvgIpc) is 2.84. The van der Waals surface area contributed by atoms with Crippen molar-refractivity contribution in [3.8, 4) is 0 Å². The molecule has 0 saturated heterocycles. The molecule has 6 heteroatoms. The van der Waals surface area contributed by atoms with E-state index in [-0.39, 0.29) is 17.5 Å². The van der Waals surface area contributed by atoms with Gasteiger partial charge >= 0.3 is 0 Å². The molecule has 1 unspecified atom stereocenters. The molecule has 32 heavy (non-hydrogen) atoms. The zero-order valence-electron chi connectivity index (χ0n) is 17.3. The van der Waals surface area contributed by atoms with E-state index in [0.717, 1.165) is 10.8 Å². The number of ketones is 1. The number of anilines is 2. The molecule has 0 aliphatic heterocycles. The van der Waals surface area contributed by atoms with Crippen LogP contribution in [0.15, 0.2) is 97.7 Å². The van der Waals surface area contributed by atoms with Crippen LogP contribution >= 0.6 is 0 Å². The first-order valence-corrected chi connectivity index (χ1v) is 10.0. The van der Waals surface area contributed by atoms with E-state index >= 15 is 0 Å². The highest BCUT2D eigenvalue weighted by Gasteiger charge is 2.36. The Bertz CT molecular complexity index is 1330. The molecule has 0 spiro atoms. The van der Waals surface area contributed by atoms with Crippen molar-refractivity contribution in [3.63, 3.8) is 0 Å². The first kappa shape index (κ1) is 21.0. The molecule has 0 saturated carbocycles. The Labute approximate surface area is 185 Å². The average molecular weight is 422 g/mol. The van der Waals surface area contributed by atoms with E-state index < -0.39 is 5.54 Å². The van der Waals surface area contributed by atoms with E-state index in [4.69, 9.17) is 11.5 Å². The number of nitrogens with zero attached hydrogens (tertiary/aromatic N) is 1. The zero-order valence-corrected chi connectivity index (χ0v) is 17.3. The van der Waals surface area contributed by atoms with E-state index in [2.05, 4.69) is 16.9 Å². The number of nitrogens with one attached hydrogen (secondary N) is 1. The molecule has 0 bridgehead atoms. The first-order chi connectivity index (χ1) is 15.4. The molecule has 158 valence electrons. The molecule has 0 fully saturated rings. The van der Waals surface area contributed by atoms with Gasteiger partial charge in [0.2, 0.25) is 0 Å². The maximum absolute atomic E-state index is 12.9. The molecule has 5 N–H and O–H groups in total. The molecule has 0 radical (unpaired) electrons. The van der Waals surface area contributed by atoms with E-state index in [9.17, 15) is 9.59 Å². The predicted molar refractivity (Wildman–Crippen MR) is 127 cm³/mol. The maximum atomic E-state index is 12.9. The number of pyridine rings is 1. The molecule has 1 aromatic heterocycles. The Morgan fingerprint density at radius 2 is 1.59 bits per heavy atom. The molecule has 4 aromatic rings. The molecule has 4 rings (SSSR count). The molecule has 1 heterocycles. The summed E-state index contributed by atoms with van der Waals surface area (Å²) in [6.07, 6.45) is 2.77. The standard InChI is InChI=1S/C26H22N4O2/c1-2-23(31)26(28,21-14-9-17-6-3-4-7-19(17)16-21)20-12-10-18(11-13-20)25(32)30-22-8-5-15-29-24(22)27/h2-16H,1,28H2,(H2,27,29)(H,30,32). The minimum atomic E-state index is -1.44. The minimum Gasteiger partial charge on any atom is -0.382 e. The van der Waals surface area contributed by atoms with Crippen LogP contribution in [0.25, 0.3) is 10.8 Å². The van der Waals surface area contributed by atoms with Crippen LogP contribution in [0.3, 0.4) is 0 Å². The second-order valence-corrected chi connectivity index (χ2v) is 7.41. The summed E-state index contributed by atoms with van der Waals surface area (Å²) < 4.78 is 0. The molecule has 0 aliphatic carbocycles. The molecule has 1 amide bonds. The smallest absolute Gasteiger partial charge is 0.255 e. The minimum absolute atomic E-state index is 0.228. The van der Waals surface area contributed by atoms with Gasteiger partial charge in [-0.15, -0.1) is 0 Å². The summed E-state index contributed by atoms with van der Waals surface area (Å²) in [5.41, 5.74) is 13.1. The Hall–Kier alpha value is -4.29. The van der Waals surface area contributed by atoms with Gasteiger partial charge in [-0.05, 0) is 58.3 Å². The van der Waals surface area contributed by atoms with Gasteiger partial charge in [-0.3, -0.25) is 9.59 Å². The number of hydrogen-bond donors (Lipinski definition) is 3. The highest BCUT2D eigenvalue weighted by molar-refractivity contribution is 6.06. The molecule has 1 atom stereocenters. The maximum Gasteiger partial charge on any atom is 0.255 e. The van der Waals surface area contributed by atoms with Crippen LogP contribution in [0.1, 0.15) is 21.5 Å². The van der Waals surface area contributed by atoms with Gasteiger partial charge in [0.1, 0.15) is 11.4 Å². The van der Waals surface area contributed by atoms with Crippen molar-refractivity contribution in [2.75, 3.05) is 11.1 Å². The van der Waals surface area contributed by atoms with Crippen LogP contribution < -0.4 is 16.8 Å². The Morgan fingerprint density at radius 3 is 2.28 bits per heavy atom. The second kappa shape index (κ2) is 8.45. The second-order valence-electron chi connectivity index (χ2n) is 7.41. The van der Waals surface area contributed by atoms with Crippen LogP contribution in [0.4, 0.5) is 11.5 Å². The lowest BCUT2D eigenvalue weighted by molar-refractivity contribution is -0.118. The van der Waals surface area contributed by atoms with Crippen molar-refractivity contribution in [1.82, 2.24) is 4.98 Å². The Balaban J connectivity index is 1.69. The monoisotopic (exact) mass is 422 g/mol. The predicted octanol–water partition coefficient (Wildman–Crippen LogP) is 4.03. The van der Waals surface area contributed by atoms with E-state index in [1.54, 1.807) is 42.6 Å². The van der Waals surface area contributed by atoms with Gasteiger partial charge in [0.05, 0.1) is 5.69 Å². The largest absolute Gasteiger partial charge is 0.382 e. The number of carbonyl (C=O) groups excluding carboxylic acids is 2. The van der Waals surface area contributed by atoms with E-state index in [0.29, 0.717) is 22.4 Å². The number of carbonyl (C=O) groups is 2. The lowest BCUT2D eigenvalue weighted by atomic mass is 9.79. The highest BCUT2D eigenvalue weighted by Crippen LogP contribution is 2.31. The number of nitrogen functional groups attached to an aromatic ring is 1. The highest BCUT2D eigenvalue weighted by atomic mass is 16.1. The summed E-state index contributed by atoms with van der Waals surface area (Å²) in [4.78, 5) is 29.5. The zero-order chi connectivity index (χ0) is 22.7. The fraction of sp³-hybridized carbons (Fsp3) is 0.0385. The van der Waals surface area contributed by atoms with Crippen LogP contribution in [0.5, 0.6) is 0 Å². The fourth-order valence-electron chi connectivity index (χ4n) is 3.65. The third-order valence-electron chi connectivity index (χ3n) is 5.47. The van der Waals surface area contributed by atoms with E-state index in [1.807, 2.05) is 42.5 Å². The summed E-state index contributed by atoms with van der Waals surface area (Å²) in [6, 6.07) is 23.5. The quantitative estimate of drug-likeness (QED) is 0.406. The van der Waals surface area contributed by atoms with Crippen molar-refractivity contribution in [2.24, 2.45) is 5.73 Å². The van der Waals surface area contributed by atoms with Gasteiger partial charge in [-0.2, -0.15) is 0 Å². The summed E-state index contributed by atoms with van der Waals surface area (Å²) >= 11 is 0. The summed E-state index contributed by atoms with van der Waals surface area (Å²) in [7, 11) is 0. The molecular weight excluding hydrogens is 400 g/mol. The summed E-state index contributed by atoms with van der Waals surface area (Å²) in [6.45, 7) is 3.63. The van der Waals surface area contributed by atoms with Gasteiger partial charge in [0.15, 0.2) is 5.78 Å². The number of fused-ring (bicyclic) bond motifs is 1. The number of rotatable bonds is 6. The Morgan fingerprint density at radius 1 is 0.906 bits per heavy atom. The first-order valence-electron chi connectivity index (χ1n) is 10.0. The van der Waals surface area contributed by atoms with Crippen molar-refractivity contribution in [1.29, 1.82) is 0 Å². The van der Waals surface area contributed by atoms with E-state index in [1.165, 1.54) is 6.08 Å². The van der Waals surface area contributed by atoms with Crippen LogP contribution in [0, 0.1) is 0 Å². The molecular formula is C26H22N4O2. The number of benzene rings is 3. The molecule has 0 aliphatic rings. The third-order valence-corrected chi connectivity index (χ3v) is 5.47. The number of nitrogens with two attached hydrogens (primary N) is 2. The van der Waals surface area contributed by atoms with Crippen molar-refractivity contribution in [3.05, 3.63) is 114 Å². The lowest BCUT2D eigenvalue weighted by Gasteiger charge is -2.28. The van der Waals surface area contributed by atoms with Gasteiger partial charge in [0, 0.05) is 11.8 Å². The third kappa shape index (κ3) is 3.75. The topological polar surface area (TPSA) is 111 Å². The van der Waals surface area contributed by atoms with Crippen LogP contribution in [0.2, 0.25) is 0 Å². The normalized spacial score (nSPS) is 12.7. The van der Waals surface area contributed by atoms with Crippen molar-refractivity contribution in [2.45, 2.75) is 5.54 Å². The van der Waals surface area contributed by atoms with Gasteiger partial charge in [-0.25, -0.2) is 4.98 Å². The summed E-state index contributed by atoms with van der Waals surface area (Å²) in [5, 5.41) is 4.75. The van der Waals surface area contributed by atoms with Crippen LogP contribution in [-0.2, 0) is 10.3 Å². The van der Waals surface area contributed by atoms with Crippen molar-refractivity contribution >= 4 is 34.0 Å². The van der Waals surface area contributed by atoms with Gasteiger partial charge < -0.3 is 16.8 Å². The Kier molecular flexibility index (Phi) is 5.54. The molecule has 3 aromatic carbocycles. The number of hydrogen-bond acceptors (Lipinski definition) is 5. The SMILES string of the molecule is C=CC(=O)C(N)(c1ccc(C(=O)Nc2cccnc2N)cc1)c1ccc2ccccc2c1. The molecule has 6 nitrogen and oxygen atoms in total. The number of aromatic nitrogens is 1. The number of amides is 1. The summed E-state index contributed by atoms with van der Waals surface area (Å²) in [5.74, 6) is -0.459. The van der Waals surface area contributed by atoms with Gasteiger partial charge in [0.25, 0.3) is 5.91 Å². The van der Waals surface area contributed by atoms with Crippen molar-refractivity contribution < 1.29 is 9.59 Å². The fourth-order valence-corrected chi connectivity index (χ4v) is 3.65. The van der Waals surface area contributed by atoms with Crippen LogP contribution in [-0.4, -0.2) is 16.7 Å². The lowest BCUT2D eigenvalue weighted by Crippen LogP contribution is -2.45. The van der Waals surface area contributed by atoms with Gasteiger partial charge in [-0.1, -0.05) is 55.1 Å².